The molecule has 0 rings (SSSR count). The molecule has 1 atom stereocenters. The van der Waals surface area contributed by atoms with Gasteiger partial charge >= 0.3 is 0 Å². The first-order chi connectivity index (χ1) is 9.13. The van der Waals surface area contributed by atoms with Crippen LogP contribution in [0.15, 0.2) is 24.3 Å². The van der Waals surface area contributed by atoms with Gasteiger partial charge in [0.15, 0.2) is 0 Å². The van der Waals surface area contributed by atoms with Crippen molar-refractivity contribution in [2.24, 2.45) is 0 Å². The number of nitrogens with one attached hydrogen (secondary N) is 1. The fourth-order valence-electron chi connectivity index (χ4n) is 1.69. The minimum absolute atomic E-state index is 0.0471. The molecule has 0 aliphatic rings. The molecule has 0 spiro atoms. The molecule has 0 aromatic carbocycles. The normalized spacial score (nSPS) is 13.5. The number of nitrogens with zero attached hydrogens (tertiary/aromatic N) is 1. The third kappa shape index (κ3) is 10.5. The molecule has 1 unspecified atom stereocenters. The van der Waals surface area contributed by atoms with Crippen LogP contribution in [0.3, 0.4) is 0 Å². The highest BCUT2D eigenvalue weighted by molar-refractivity contribution is 5.77. The summed E-state index contributed by atoms with van der Waals surface area (Å²) in [5, 5.41) is 12.6. The quantitative estimate of drug-likeness (QED) is 0.593. The van der Waals surface area contributed by atoms with Gasteiger partial charge in [-0.25, -0.2) is 0 Å². The second kappa shape index (κ2) is 11.9. The van der Waals surface area contributed by atoms with E-state index in [2.05, 4.69) is 23.2 Å². The van der Waals surface area contributed by atoms with Crippen LogP contribution in [0.4, 0.5) is 0 Å². The van der Waals surface area contributed by atoms with Crippen LogP contribution in [-0.2, 0) is 4.79 Å². The topological polar surface area (TPSA) is 52.6 Å². The van der Waals surface area contributed by atoms with Crippen LogP contribution in [0.1, 0.15) is 33.6 Å². The summed E-state index contributed by atoms with van der Waals surface area (Å²) >= 11 is 0. The Hall–Kier alpha value is -1.13. The number of aliphatic hydroxyl groups is 1. The molecule has 0 aromatic heterocycles. The fourth-order valence-corrected chi connectivity index (χ4v) is 1.69. The Labute approximate surface area is 117 Å². The van der Waals surface area contributed by atoms with Crippen molar-refractivity contribution in [1.29, 1.82) is 0 Å². The number of hydrogen-bond donors (Lipinski definition) is 2. The number of likely N-dealkylation sites (N-methyl/N-ethyl adjacent to an activating group) is 1. The molecule has 0 saturated carbocycles. The van der Waals surface area contributed by atoms with Crippen LogP contribution in [0, 0.1) is 0 Å². The third-order valence-corrected chi connectivity index (χ3v) is 2.84. The molecule has 110 valence electrons. The maximum atomic E-state index is 11.4. The van der Waals surface area contributed by atoms with Crippen molar-refractivity contribution in [3.8, 4) is 0 Å². The Morgan fingerprint density at radius 2 is 2.00 bits per heavy atom. The molecule has 0 bridgehead atoms. The summed E-state index contributed by atoms with van der Waals surface area (Å²) < 4.78 is 0. The molecule has 0 aliphatic heterocycles. The van der Waals surface area contributed by atoms with E-state index in [4.69, 9.17) is 0 Å². The van der Waals surface area contributed by atoms with Gasteiger partial charge in [0.1, 0.15) is 0 Å². The second-order valence-electron chi connectivity index (χ2n) is 4.48. The summed E-state index contributed by atoms with van der Waals surface area (Å²) in [4.78, 5) is 13.6. The molecular formula is C15H28N2O2. The van der Waals surface area contributed by atoms with E-state index >= 15 is 0 Å². The van der Waals surface area contributed by atoms with E-state index in [0.29, 0.717) is 19.5 Å². The average molecular weight is 268 g/mol. The Kier molecular flexibility index (Phi) is 11.2. The summed E-state index contributed by atoms with van der Waals surface area (Å²) in [6, 6.07) is 0. The first-order valence-corrected chi connectivity index (χ1v) is 7.03. The summed E-state index contributed by atoms with van der Waals surface area (Å²) in [5.41, 5.74) is 0. The van der Waals surface area contributed by atoms with Gasteiger partial charge < -0.3 is 15.3 Å². The van der Waals surface area contributed by atoms with Crippen molar-refractivity contribution in [3.05, 3.63) is 24.3 Å². The third-order valence-electron chi connectivity index (χ3n) is 2.84. The number of aliphatic hydroxyl groups excluding tert-OH is 1. The van der Waals surface area contributed by atoms with Gasteiger partial charge in [-0.2, -0.15) is 0 Å². The molecule has 0 saturated heterocycles. The Morgan fingerprint density at radius 3 is 2.58 bits per heavy atom. The first-order valence-electron chi connectivity index (χ1n) is 7.03. The number of carbonyl (C=O) groups is 1. The minimum atomic E-state index is -0.514. The monoisotopic (exact) mass is 268 g/mol. The summed E-state index contributed by atoms with van der Waals surface area (Å²) in [6.45, 7) is 8.71. The van der Waals surface area contributed by atoms with Gasteiger partial charge in [0.2, 0.25) is 5.91 Å². The molecule has 19 heavy (non-hydrogen) atoms. The molecule has 0 radical (unpaired) electrons. The predicted molar refractivity (Wildman–Crippen MR) is 80.0 cm³/mol. The number of carbonyl (C=O) groups excluding carboxylic acids is 1. The highest BCUT2D eigenvalue weighted by Gasteiger charge is 2.10. The number of hydrogen-bond acceptors (Lipinski definition) is 3. The largest absolute Gasteiger partial charge is 0.390 e. The van der Waals surface area contributed by atoms with Crippen molar-refractivity contribution in [1.82, 2.24) is 10.2 Å². The highest BCUT2D eigenvalue weighted by atomic mass is 16.3. The van der Waals surface area contributed by atoms with Gasteiger partial charge in [-0.1, -0.05) is 31.2 Å². The number of amides is 1. The molecule has 2 N–H and O–H groups in total. The van der Waals surface area contributed by atoms with Crippen LogP contribution in [0.25, 0.3) is 0 Å². The zero-order valence-electron chi connectivity index (χ0n) is 12.4. The average Bonchev–Trinajstić information content (AvgIpc) is 2.41. The zero-order valence-corrected chi connectivity index (χ0v) is 12.4. The van der Waals surface area contributed by atoms with Gasteiger partial charge in [-0.3, -0.25) is 4.79 Å². The smallest absolute Gasteiger partial charge is 0.223 e. The number of rotatable bonds is 10. The lowest BCUT2D eigenvalue weighted by Crippen LogP contribution is -2.40. The zero-order chi connectivity index (χ0) is 14.5. The number of allylic oxidation sites excluding steroid dienone is 2. The van der Waals surface area contributed by atoms with E-state index < -0.39 is 6.10 Å². The van der Waals surface area contributed by atoms with Crippen molar-refractivity contribution in [2.75, 3.05) is 26.2 Å². The second-order valence-corrected chi connectivity index (χ2v) is 4.48. The van der Waals surface area contributed by atoms with E-state index in [1.807, 2.05) is 26.0 Å². The SMILES string of the molecule is C/C=C\CCN(CC)CC(O)CNC(=O)C/C=C\C. The molecule has 0 fully saturated rings. The first kappa shape index (κ1) is 17.9. The molecule has 0 heterocycles. The van der Waals surface area contributed by atoms with Crippen molar-refractivity contribution < 1.29 is 9.90 Å². The van der Waals surface area contributed by atoms with Gasteiger partial charge in [-0.05, 0) is 26.8 Å². The van der Waals surface area contributed by atoms with E-state index in [1.165, 1.54) is 0 Å². The fraction of sp³-hybridized carbons (Fsp3) is 0.667. The maximum absolute atomic E-state index is 11.4. The van der Waals surface area contributed by atoms with Crippen molar-refractivity contribution >= 4 is 5.91 Å². The standard InChI is InChI=1S/C15H28N2O2/c1-4-7-9-11-17(6-3)13-14(18)12-16-15(19)10-8-5-2/h4-5,7-8,14,18H,6,9-13H2,1-3H3,(H,16,19)/b7-4-,8-5-. The van der Waals surface area contributed by atoms with Crippen LogP contribution >= 0.6 is 0 Å². The van der Waals surface area contributed by atoms with Gasteiger partial charge in [0.05, 0.1) is 6.10 Å². The van der Waals surface area contributed by atoms with E-state index in [0.717, 1.165) is 19.5 Å². The lowest BCUT2D eigenvalue weighted by Gasteiger charge is -2.23. The van der Waals surface area contributed by atoms with E-state index in [9.17, 15) is 9.90 Å². The van der Waals surface area contributed by atoms with E-state index in [1.54, 1.807) is 6.08 Å². The van der Waals surface area contributed by atoms with Crippen LogP contribution in [0.2, 0.25) is 0 Å². The molecule has 0 aromatic rings. The maximum Gasteiger partial charge on any atom is 0.223 e. The Bertz CT molecular complexity index is 288. The lowest BCUT2D eigenvalue weighted by atomic mass is 10.2. The van der Waals surface area contributed by atoms with Crippen LogP contribution in [0.5, 0.6) is 0 Å². The lowest BCUT2D eigenvalue weighted by molar-refractivity contribution is -0.120. The molecule has 1 amide bonds. The molecule has 0 aliphatic carbocycles. The van der Waals surface area contributed by atoms with Crippen LogP contribution < -0.4 is 5.32 Å². The van der Waals surface area contributed by atoms with E-state index in [-0.39, 0.29) is 5.91 Å². The predicted octanol–water partition coefficient (Wildman–Crippen LogP) is 1.72. The van der Waals surface area contributed by atoms with Crippen molar-refractivity contribution in [3.63, 3.8) is 0 Å². The highest BCUT2D eigenvalue weighted by Crippen LogP contribution is 1.96. The van der Waals surface area contributed by atoms with Gasteiger partial charge in [0, 0.05) is 26.1 Å². The Morgan fingerprint density at radius 1 is 1.32 bits per heavy atom. The summed E-state index contributed by atoms with van der Waals surface area (Å²) in [5.74, 6) is -0.0471. The van der Waals surface area contributed by atoms with Crippen LogP contribution in [-0.4, -0.2) is 48.2 Å². The van der Waals surface area contributed by atoms with Gasteiger partial charge in [-0.15, -0.1) is 0 Å². The molecular weight excluding hydrogens is 240 g/mol. The summed E-state index contributed by atoms with van der Waals surface area (Å²) in [7, 11) is 0. The minimum Gasteiger partial charge on any atom is -0.390 e. The van der Waals surface area contributed by atoms with Gasteiger partial charge in [0.25, 0.3) is 0 Å². The molecule has 4 heteroatoms. The van der Waals surface area contributed by atoms with Crippen molar-refractivity contribution in [2.45, 2.75) is 39.7 Å². The summed E-state index contributed by atoms with van der Waals surface area (Å²) in [6.07, 6.45) is 8.65. The molecule has 4 nitrogen and oxygen atoms in total. The Balaban J connectivity index is 3.86.